The molecule has 1 aromatic heterocycles. The molecule has 1 amide bonds. The number of thiazole rings is 1. The summed E-state index contributed by atoms with van der Waals surface area (Å²) in [6.45, 7) is 5.32. The maximum absolute atomic E-state index is 12.3. The Morgan fingerprint density at radius 1 is 1.36 bits per heavy atom. The summed E-state index contributed by atoms with van der Waals surface area (Å²) in [5.74, 6) is -0.0520. The molecule has 3 rings (SSSR count). The largest absolute Gasteiger partial charge is 0.376 e. The molecule has 1 fully saturated rings. The van der Waals surface area contributed by atoms with Crippen LogP contribution in [0.1, 0.15) is 33.8 Å². The lowest BCUT2D eigenvalue weighted by atomic mass is 10.2. The molecule has 0 bridgehead atoms. The molecule has 0 aliphatic carbocycles. The molecule has 22 heavy (non-hydrogen) atoms. The van der Waals surface area contributed by atoms with E-state index in [1.54, 1.807) is 0 Å². The van der Waals surface area contributed by atoms with E-state index in [0.717, 1.165) is 35.7 Å². The van der Waals surface area contributed by atoms with Gasteiger partial charge in [0, 0.05) is 18.7 Å². The fraction of sp³-hybridized carbons (Fsp3) is 0.412. The number of carbonyl (C=O) groups is 1. The van der Waals surface area contributed by atoms with Gasteiger partial charge in [0.15, 0.2) is 0 Å². The third-order valence-electron chi connectivity index (χ3n) is 3.82. The molecule has 5 heteroatoms. The molecule has 4 nitrogen and oxygen atoms in total. The van der Waals surface area contributed by atoms with Gasteiger partial charge in [-0.2, -0.15) is 0 Å². The molecule has 1 N–H and O–H groups in total. The minimum absolute atomic E-state index is 0.0520. The quantitative estimate of drug-likeness (QED) is 0.941. The lowest BCUT2D eigenvalue weighted by molar-refractivity contribution is 0.0860. The summed E-state index contributed by atoms with van der Waals surface area (Å²) in [5, 5.41) is 3.85. The van der Waals surface area contributed by atoms with Crippen LogP contribution in [0.4, 0.5) is 0 Å². The van der Waals surface area contributed by atoms with Gasteiger partial charge in [-0.25, -0.2) is 4.98 Å². The van der Waals surface area contributed by atoms with Crippen molar-refractivity contribution in [3.63, 3.8) is 0 Å². The molecule has 1 aromatic carbocycles. The molecular formula is C17H20N2O2S. The fourth-order valence-corrected chi connectivity index (χ4v) is 3.51. The number of nitrogens with one attached hydrogen (secondary N) is 1. The number of hydrogen-bond donors (Lipinski definition) is 1. The second kappa shape index (κ2) is 6.58. The van der Waals surface area contributed by atoms with Crippen molar-refractivity contribution in [2.24, 2.45) is 0 Å². The number of benzene rings is 1. The molecule has 0 radical (unpaired) electrons. The van der Waals surface area contributed by atoms with Crippen molar-refractivity contribution < 1.29 is 9.53 Å². The van der Waals surface area contributed by atoms with Crippen molar-refractivity contribution in [2.75, 3.05) is 13.2 Å². The predicted octanol–water partition coefficient (Wildman–Crippen LogP) is 3.34. The summed E-state index contributed by atoms with van der Waals surface area (Å²) in [7, 11) is 0. The van der Waals surface area contributed by atoms with E-state index in [1.165, 1.54) is 16.9 Å². The second-order valence-electron chi connectivity index (χ2n) is 5.64. The van der Waals surface area contributed by atoms with Crippen molar-refractivity contribution in [1.29, 1.82) is 0 Å². The van der Waals surface area contributed by atoms with E-state index in [1.807, 2.05) is 19.1 Å². The first-order chi connectivity index (χ1) is 10.6. The average Bonchev–Trinajstić information content (AvgIpc) is 3.15. The van der Waals surface area contributed by atoms with Crippen LogP contribution >= 0.6 is 11.3 Å². The Bertz CT molecular complexity index is 658. The number of aryl methyl sites for hydroxylation is 2. The highest BCUT2D eigenvalue weighted by atomic mass is 32.1. The zero-order valence-electron chi connectivity index (χ0n) is 12.9. The summed E-state index contributed by atoms with van der Waals surface area (Å²) in [4.78, 5) is 17.6. The number of ether oxygens (including phenoxy) is 1. The zero-order valence-corrected chi connectivity index (χ0v) is 13.7. The third kappa shape index (κ3) is 3.36. The van der Waals surface area contributed by atoms with Gasteiger partial charge >= 0.3 is 0 Å². The number of amides is 1. The summed E-state index contributed by atoms with van der Waals surface area (Å²) < 4.78 is 5.53. The summed E-state index contributed by atoms with van der Waals surface area (Å²) in [6.07, 6.45) is 2.27. The Morgan fingerprint density at radius 3 is 2.82 bits per heavy atom. The van der Waals surface area contributed by atoms with Crippen molar-refractivity contribution in [2.45, 2.75) is 32.8 Å². The van der Waals surface area contributed by atoms with E-state index in [0.29, 0.717) is 11.4 Å². The van der Waals surface area contributed by atoms with Crippen LogP contribution in [0.5, 0.6) is 0 Å². The molecule has 2 heterocycles. The van der Waals surface area contributed by atoms with E-state index in [9.17, 15) is 4.79 Å². The van der Waals surface area contributed by atoms with Crippen molar-refractivity contribution >= 4 is 17.2 Å². The van der Waals surface area contributed by atoms with Crippen LogP contribution < -0.4 is 5.32 Å². The molecule has 0 saturated carbocycles. The Balaban J connectivity index is 1.71. The van der Waals surface area contributed by atoms with E-state index in [4.69, 9.17) is 4.74 Å². The molecule has 1 saturated heterocycles. The van der Waals surface area contributed by atoms with Crippen LogP contribution in [0.2, 0.25) is 0 Å². The van der Waals surface area contributed by atoms with Crippen LogP contribution in [0.3, 0.4) is 0 Å². The molecule has 116 valence electrons. The van der Waals surface area contributed by atoms with Crippen LogP contribution in [0.15, 0.2) is 24.3 Å². The maximum atomic E-state index is 12.3. The first-order valence-corrected chi connectivity index (χ1v) is 8.39. The summed E-state index contributed by atoms with van der Waals surface area (Å²) in [6, 6.07) is 8.20. The van der Waals surface area contributed by atoms with Gasteiger partial charge < -0.3 is 10.1 Å². The monoisotopic (exact) mass is 316 g/mol. The van der Waals surface area contributed by atoms with Gasteiger partial charge in [0.1, 0.15) is 9.88 Å². The highest BCUT2D eigenvalue weighted by molar-refractivity contribution is 7.17. The number of nitrogens with zero attached hydrogens (tertiary/aromatic N) is 1. The van der Waals surface area contributed by atoms with Gasteiger partial charge in [-0.3, -0.25) is 4.79 Å². The van der Waals surface area contributed by atoms with E-state index in [-0.39, 0.29) is 12.0 Å². The topological polar surface area (TPSA) is 51.2 Å². The lowest BCUT2D eigenvalue weighted by Gasteiger charge is -2.09. The molecule has 1 aliphatic heterocycles. The highest BCUT2D eigenvalue weighted by Crippen LogP contribution is 2.28. The van der Waals surface area contributed by atoms with Gasteiger partial charge in [0.2, 0.25) is 0 Å². The SMILES string of the molecule is Cc1ccc(-c2nc(C)c(C(=O)NCC3CCCO3)s2)cc1. The molecular weight excluding hydrogens is 296 g/mol. The number of rotatable bonds is 4. The van der Waals surface area contributed by atoms with Crippen LogP contribution in [-0.2, 0) is 4.74 Å². The van der Waals surface area contributed by atoms with E-state index >= 15 is 0 Å². The van der Waals surface area contributed by atoms with Crippen molar-refractivity contribution in [3.05, 3.63) is 40.4 Å². The normalized spacial score (nSPS) is 17.6. The Hall–Kier alpha value is -1.72. The second-order valence-corrected chi connectivity index (χ2v) is 6.64. The van der Waals surface area contributed by atoms with Crippen molar-refractivity contribution in [1.82, 2.24) is 10.3 Å². The summed E-state index contributed by atoms with van der Waals surface area (Å²) >= 11 is 1.45. The minimum atomic E-state index is -0.0520. The van der Waals surface area contributed by atoms with Crippen LogP contribution in [0.25, 0.3) is 10.6 Å². The fourth-order valence-electron chi connectivity index (χ4n) is 2.52. The minimum Gasteiger partial charge on any atom is -0.376 e. The molecule has 2 aromatic rings. The number of carbonyl (C=O) groups excluding carboxylic acids is 1. The van der Waals surface area contributed by atoms with Gasteiger partial charge in [-0.05, 0) is 26.7 Å². The average molecular weight is 316 g/mol. The first kappa shape index (κ1) is 15.2. The molecule has 1 unspecified atom stereocenters. The van der Waals surface area contributed by atoms with Gasteiger partial charge in [0.25, 0.3) is 5.91 Å². The van der Waals surface area contributed by atoms with E-state index < -0.39 is 0 Å². The van der Waals surface area contributed by atoms with Crippen molar-refractivity contribution in [3.8, 4) is 10.6 Å². The Labute approximate surface area is 134 Å². The predicted molar refractivity (Wildman–Crippen MR) is 88.3 cm³/mol. The lowest BCUT2D eigenvalue weighted by Crippen LogP contribution is -2.31. The molecule has 0 spiro atoms. The van der Waals surface area contributed by atoms with E-state index in [2.05, 4.69) is 29.4 Å². The standard InChI is InChI=1S/C17H20N2O2S/c1-11-5-7-13(8-6-11)17-19-12(2)15(22-17)16(20)18-10-14-4-3-9-21-14/h5-8,14H,3-4,9-10H2,1-2H3,(H,18,20). The maximum Gasteiger partial charge on any atom is 0.263 e. The van der Waals surface area contributed by atoms with Gasteiger partial charge in [-0.1, -0.05) is 29.8 Å². The van der Waals surface area contributed by atoms with Gasteiger partial charge in [0.05, 0.1) is 11.8 Å². The number of aromatic nitrogens is 1. The first-order valence-electron chi connectivity index (χ1n) is 7.58. The summed E-state index contributed by atoms with van der Waals surface area (Å²) in [5.41, 5.74) is 3.05. The number of hydrogen-bond acceptors (Lipinski definition) is 4. The van der Waals surface area contributed by atoms with Gasteiger partial charge in [-0.15, -0.1) is 11.3 Å². The molecule has 1 atom stereocenters. The van der Waals surface area contributed by atoms with Crippen LogP contribution in [-0.4, -0.2) is 30.1 Å². The Morgan fingerprint density at radius 2 is 2.14 bits per heavy atom. The molecule has 1 aliphatic rings. The highest BCUT2D eigenvalue weighted by Gasteiger charge is 2.19. The van der Waals surface area contributed by atoms with Crippen LogP contribution in [0, 0.1) is 13.8 Å². The smallest absolute Gasteiger partial charge is 0.263 e. The third-order valence-corrected chi connectivity index (χ3v) is 5.02. The zero-order chi connectivity index (χ0) is 15.5. The Kier molecular flexibility index (Phi) is 4.55.